The number of hydrogen-bond acceptors (Lipinski definition) is 7. The van der Waals surface area contributed by atoms with Gasteiger partial charge in [0.1, 0.15) is 11.3 Å². The van der Waals surface area contributed by atoms with Crippen LogP contribution in [0.25, 0.3) is 5.69 Å². The molecule has 2 heterocycles. The zero-order chi connectivity index (χ0) is 18.5. The Kier molecular flexibility index (Phi) is 5.37. The van der Waals surface area contributed by atoms with E-state index in [1.807, 2.05) is 6.92 Å². The van der Waals surface area contributed by atoms with Crippen LogP contribution in [-0.4, -0.2) is 58.8 Å². The van der Waals surface area contributed by atoms with Gasteiger partial charge in [0.15, 0.2) is 0 Å². The van der Waals surface area contributed by atoms with Crippen molar-refractivity contribution in [3.63, 3.8) is 0 Å². The molecule has 0 unspecified atom stereocenters. The van der Waals surface area contributed by atoms with Crippen LogP contribution < -0.4 is 16.0 Å². The van der Waals surface area contributed by atoms with E-state index in [0.29, 0.717) is 44.3 Å². The average molecular weight is 360 g/mol. The maximum absolute atomic E-state index is 12.3. The van der Waals surface area contributed by atoms with Gasteiger partial charge >= 0.3 is 5.69 Å². The van der Waals surface area contributed by atoms with Crippen molar-refractivity contribution in [1.82, 2.24) is 14.6 Å². The zero-order valence-electron chi connectivity index (χ0n) is 14.3. The number of hydrazone groups is 1. The summed E-state index contributed by atoms with van der Waals surface area (Å²) in [5.74, 6) is -0.0848. The lowest BCUT2D eigenvalue weighted by molar-refractivity contribution is 0.0396. The molecule has 9 heteroatoms. The van der Waals surface area contributed by atoms with Gasteiger partial charge in [0.05, 0.1) is 44.8 Å². The summed E-state index contributed by atoms with van der Waals surface area (Å²) in [6.45, 7) is 4.46. The highest BCUT2D eigenvalue weighted by molar-refractivity contribution is 5.82. The predicted octanol–water partition coefficient (Wildman–Crippen LogP) is 0.296. The summed E-state index contributed by atoms with van der Waals surface area (Å²) < 4.78 is 11.7. The normalized spacial score (nSPS) is 14.7. The number of nitrogens with zero attached hydrogens (tertiary/aromatic N) is 3. The molecule has 0 radical (unpaired) electrons. The first kappa shape index (κ1) is 17.7. The fourth-order valence-electron chi connectivity index (χ4n) is 2.61. The number of nitrogens with one attached hydrogen (secondary N) is 1. The molecule has 2 aromatic rings. The molecule has 1 saturated heterocycles. The Morgan fingerprint density at radius 1 is 1.31 bits per heavy atom. The van der Waals surface area contributed by atoms with Crippen molar-refractivity contribution in [2.24, 2.45) is 5.10 Å². The monoisotopic (exact) mass is 360 g/mol. The molecule has 0 saturated carbocycles. The van der Waals surface area contributed by atoms with Crippen molar-refractivity contribution in [2.75, 3.05) is 32.9 Å². The molecule has 1 fully saturated rings. The minimum absolute atomic E-state index is 0.109. The number of ether oxygens (including phenoxy) is 2. The minimum Gasteiger partial charge on any atom is -0.493 e. The number of hydrogen-bond donors (Lipinski definition) is 2. The lowest BCUT2D eigenvalue weighted by Crippen LogP contribution is -2.34. The number of rotatable bonds is 5. The lowest BCUT2D eigenvalue weighted by Gasteiger charge is -2.23. The van der Waals surface area contributed by atoms with E-state index in [1.165, 1.54) is 6.21 Å². The number of H-pyrrole nitrogens is 1. The first-order valence-electron chi connectivity index (χ1n) is 8.29. The third-order valence-electron chi connectivity index (χ3n) is 3.86. The summed E-state index contributed by atoms with van der Waals surface area (Å²) in [5, 5.41) is 16.5. The highest BCUT2D eigenvalue weighted by atomic mass is 16.5. The Hall–Kier alpha value is -3.07. The maximum Gasteiger partial charge on any atom is 0.335 e. The molecule has 0 atom stereocenters. The second-order valence-corrected chi connectivity index (χ2v) is 5.54. The molecule has 9 nitrogen and oxygen atoms in total. The number of morpholine rings is 1. The third-order valence-corrected chi connectivity index (χ3v) is 3.86. The maximum atomic E-state index is 12.3. The van der Waals surface area contributed by atoms with E-state index in [0.717, 1.165) is 4.57 Å². The van der Waals surface area contributed by atoms with E-state index in [1.54, 1.807) is 29.3 Å². The van der Waals surface area contributed by atoms with Crippen LogP contribution in [0.4, 0.5) is 0 Å². The highest BCUT2D eigenvalue weighted by Crippen LogP contribution is 2.25. The van der Waals surface area contributed by atoms with Crippen LogP contribution in [0, 0.1) is 0 Å². The largest absolute Gasteiger partial charge is 0.493 e. The van der Waals surface area contributed by atoms with E-state index in [2.05, 4.69) is 10.1 Å². The number of benzene rings is 1. The zero-order valence-corrected chi connectivity index (χ0v) is 14.3. The van der Waals surface area contributed by atoms with Crippen molar-refractivity contribution < 1.29 is 14.6 Å². The van der Waals surface area contributed by atoms with Crippen LogP contribution >= 0.6 is 0 Å². The molecule has 2 N–H and O–H groups in total. The van der Waals surface area contributed by atoms with Gasteiger partial charge in [-0.15, -0.1) is 0 Å². The minimum atomic E-state index is -0.761. The molecule has 0 amide bonds. The Labute approximate surface area is 149 Å². The van der Waals surface area contributed by atoms with Crippen molar-refractivity contribution in [3.8, 4) is 17.3 Å². The number of aromatic hydroxyl groups is 1. The van der Waals surface area contributed by atoms with Gasteiger partial charge in [0.25, 0.3) is 5.56 Å². The van der Waals surface area contributed by atoms with Crippen LogP contribution in [0.15, 0.2) is 39.0 Å². The van der Waals surface area contributed by atoms with E-state index < -0.39 is 17.1 Å². The average Bonchev–Trinajstić information content (AvgIpc) is 2.64. The molecule has 0 bridgehead atoms. The van der Waals surface area contributed by atoms with Gasteiger partial charge < -0.3 is 14.6 Å². The van der Waals surface area contributed by atoms with E-state index in [4.69, 9.17) is 9.47 Å². The number of para-hydroxylation sites is 2. The summed E-state index contributed by atoms with van der Waals surface area (Å²) in [4.78, 5) is 26.6. The smallest absolute Gasteiger partial charge is 0.335 e. The van der Waals surface area contributed by atoms with Gasteiger partial charge in [-0.3, -0.25) is 14.8 Å². The molecule has 26 heavy (non-hydrogen) atoms. The second-order valence-electron chi connectivity index (χ2n) is 5.54. The first-order chi connectivity index (χ1) is 12.6. The van der Waals surface area contributed by atoms with Gasteiger partial charge in [0, 0.05) is 0 Å². The molecule has 1 aliphatic heterocycles. The fourth-order valence-corrected chi connectivity index (χ4v) is 2.61. The highest BCUT2D eigenvalue weighted by Gasteiger charge is 2.17. The second kappa shape index (κ2) is 7.87. The van der Waals surface area contributed by atoms with Gasteiger partial charge in [-0.2, -0.15) is 5.10 Å². The Morgan fingerprint density at radius 2 is 2.04 bits per heavy atom. The van der Waals surface area contributed by atoms with Crippen molar-refractivity contribution in [2.45, 2.75) is 6.92 Å². The molecule has 3 rings (SSSR count). The predicted molar refractivity (Wildman–Crippen MR) is 95.5 cm³/mol. The third kappa shape index (κ3) is 3.62. The molecule has 138 valence electrons. The summed E-state index contributed by atoms with van der Waals surface area (Å²) in [6, 6.07) is 6.75. The summed E-state index contributed by atoms with van der Waals surface area (Å²) in [6.07, 6.45) is 1.25. The number of aromatic nitrogens is 2. The summed E-state index contributed by atoms with van der Waals surface area (Å²) in [5.41, 5.74) is -1.26. The van der Waals surface area contributed by atoms with Crippen molar-refractivity contribution in [3.05, 3.63) is 50.7 Å². The molecule has 1 aliphatic rings. The topological polar surface area (TPSA) is 109 Å². The van der Waals surface area contributed by atoms with E-state index in [9.17, 15) is 14.7 Å². The standard InChI is InChI=1S/C17H20N4O5/c1-2-26-14-6-4-3-5-13(14)21-16(23)12(15(22)19-17(21)24)11-18-20-7-9-25-10-8-20/h3-6,11,23H,2,7-10H2,1H3,(H,19,22,24)/b18-11+. The SMILES string of the molecule is CCOc1ccccc1-n1c(O)c(/C=N/N2CCOCC2)c(=O)[nH]c1=O. The Bertz CT molecular complexity index is 912. The summed E-state index contributed by atoms with van der Waals surface area (Å²) >= 11 is 0. The van der Waals surface area contributed by atoms with E-state index >= 15 is 0 Å². The quantitative estimate of drug-likeness (QED) is 0.742. The van der Waals surface area contributed by atoms with Crippen LogP contribution in [-0.2, 0) is 4.74 Å². The van der Waals surface area contributed by atoms with Crippen LogP contribution in [0.1, 0.15) is 12.5 Å². The molecule has 0 spiro atoms. The molecule has 1 aromatic carbocycles. The Balaban J connectivity index is 2.06. The summed E-state index contributed by atoms with van der Waals surface area (Å²) in [7, 11) is 0. The first-order valence-corrected chi connectivity index (χ1v) is 8.29. The van der Waals surface area contributed by atoms with Gasteiger partial charge in [0.2, 0.25) is 5.88 Å². The van der Waals surface area contributed by atoms with Crippen LogP contribution in [0.5, 0.6) is 11.6 Å². The van der Waals surface area contributed by atoms with Crippen LogP contribution in [0.3, 0.4) is 0 Å². The van der Waals surface area contributed by atoms with E-state index in [-0.39, 0.29) is 5.56 Å². The molecule has 1 aromatic heterocycles. The molecule has 0 aliphatic carbocycles. The van der Waals surface area contributed by atoms with Gasteiger partial charge in [-0.1, -0.05) is 12.1 Å². The van der Waals surface area contributed by atoms with Crippen molar-refractivity contribution in [1.29, 1.82) is 0 Å². The van der Waals surface area contributed by atoms with Crippen LogP contribution in [0.2, 0.25) is 0 Å². The lowest BCUT2D eigenvalue weighted by atomic mass is 10.2. The number of aromatic amines is 1. The fraction of sp³-hybridized carbons (Fsp3) is 0.353. The van der Waals surface area contributed by atoms with Gasteiger partial charge in [-0.25, -0.2) is 9.36 Å². The Morgan fingerprint density at radius 3 is 2.77 bits per heavy atom. The van der Waals surface area contributed by atoms with Gasteiger partial charge in [-0.05, 0) is 19.1 Å². The van der Waals surface area contributed by atoms with Crippen molar-refractivity contribution >= 4 is 6.21 Å². The molecular weight excluding hydrogens is 340 g/mol. The molecular formula is C17H20N4O5.